The van der Waals surface area contributed by atoms with E-state index in [-0.39, 0.29) is 31.3 Å². The molecule has 2 atom stereocenters. The molecule has 0 spiro atoms. The quantitative estimate of drug-likeness (QED) is 0.395. The Labute approximate surface area is 118 Å². The number of aliphatic hydroxyl groups is 4. The Kier molecular flexibility index (Phi) is 12.9. The second-order valence-corrected chi connectivity index (χ2v) is 6.78. The summed E-state index contributed by atoms with van der Waals surface area (Å²) in [5.41, 5.74) is 0. The van der Waals surface area contributed by atoms with Gasteiger partial charge in [0.15, 0.2) is 0 Å². The second kappa shape index (κ2) is 12.6. The largest absolute Gasteiger partial charge is 0.396 e. The van der Waals surface area contributed by atoms with Crippen LogP contribution >= 0.6 is 23.5 Å². The molecular weight excluding hydrogens is 272 g/mol. The first-order valence-corrected chi connectivity index (χ1v) is 8.64. The summed E-state index contributed by atoms with van der Waals surface area (Å²) in [6, 6.07) is 0. The fourth-order valence-electron chi connectivity index (χ4n) is 1.73. The molecule has 0 aromatic rings. The molecule has 6 heteroatoms. The summed E-state index contributed by atoms with van der Waals surface area (Å²) in [6.45, 7) is 2.32. The minimum absolute atomic E-state index is 0.147. The van der Waals surface area contributed by atoms with Gasteiger partial charge in [0, 0.05) is 23.0 Å². The van der Waals surface area contributed by atoms with Gasteiger partial charge in [-0.15, -0.1) is 0 Å². The van der Waals surface area contributed by atoms with E-state index in [1.165, 1.54) is 0 Å². The van der Waals surface area contributed by atoms with E-state index >= 15 is 0 Å². The van der Waals surface area contributed by atoms with Crippen molar-refractivity contribution in [2.45, 2.75) is 32.0 Å². The number of thioether (sulfide) groups is 2. The highest BCUT2D eigenvalue weighted by molar-refractivity contribution is 7.99. The molecular formula is C12H26O4S2. The molecule has 0 aliphatic heterocycles. The highest BCUT2D eigenvalue weighted by Crippen LogP contribution is 2.17. The highest BCUT2D eigenvalue weighted by Gasteiger charge is 2.14. The van der Waals surface area contributed by atoms with E-state index in [0.717, 1.165) is 0 Å². The minimum Gasteiger partial charge on any atom is -0.396 e. The van der Waals surface area contributed by atoms with Crippen molar-refractivity contribution in [3.05, 3.63) is 0 Å². The molecule has 4 N–H and O–H groups in total. The van der Waals surface area contributed by atoms with Crippen LogP contribution in [0.2, 0.25) is 0 Å². The molecule has 0 aromatic carbocycles. The Hall–Kier alpha value is 0.540. The molecule has 0 radical (unpaired) electrons. The molecule has 0 saturated carbocycles. The molecule has 0 bridgehead atoms. The maximum absolute atomic E-state index is 9.75. The number of hydrogen-bond donors (Lipinski definition) is 4. The Morgan fingerprint density at radius 1 is 0.833 bits per heavy atom. The summed E-state index contributed by atoms with van der Waals surface area (Å²) in [5.74, 6) is 2.87. The van der Waals surface area contributed by atoms with Gasteiger partial charge in [-0.05, 0) is 18.8 Å². The lowest BCUT2D eigenvalue weighted by Crippen LogP contribution is -2.20. The van der Waals surface area contributed by atoms with Gasteiger partial charge in [-0.3, -0.25) is 0 Å². The van der Waals surface area contributed by atoms with Crippen LogP contribution in [0.4, 0.5) is 0 Å². The first-order chi connectivity index (χ1) is 8.60. The van der Waals surface area contributed by atoms with Crippen molar-refractivity contribution in [2.75, 3.05) is 36.2 Å². The fourth-order valence-corrected chi connectivity index (χ4v) is 3.14. The predicted octanol–water partition coefficient (Wildman–Crippen LogP) is 0.576. The van der Waals surface area contributed by atoms with Crippen LogP contribution in [0.25, 0.3) is 0 Å². The lowest BCUT2D eigenvalue weighted by atomic mass is 9.98. The van der Waals surface area contributed by atoms with E-state index in [1.807, 2.05) is 6.92 Å². The predicted molar refractivity (Wildman–Crippen MR) is 79.2 cm³/mol. The smallest absolute Gasteiger partial charge is 0.0633 e. The summed E-state index contributed by atoms with van der Waals surface area (Å²) in [6.07, 6.45) is 0.628. The van der Waals surface area contributed by atoms with Gasteiger partial charge in [-0.1, -0.05) is 6.92 Å². The van der Waals surface area contributed by atoms with Crippen LogP contribution in [0.1, 0.15) is 19.8 Å². The fraction of sp³-hybridized carbons (Fsp3) is 1.00. The van der Waals surface area contributed by atoms with Crippen molar-refractivity contribution in [1.82, 2.24) is 0 Å². The van der Waals surface area contributed by atoms with Gasteiger partial charge in [0.05, 0.1) is 25.4 Å². The van der Waals surface area contributed by atoms with Crippen molar-refractivity contribution in [1.29, 1.82) is 0 Å². The summed E-state index contributed by atoms with van der Waals surface area (Å²) in [4.78, 5) is 0. The lowest BCUT2D eigenvalue weighted by Gasteiger charge is -2.19. The first-order valence-electron chi connectivity index (χ1n) is 6.33. The number of rotatable bonds is 12. The third kappa shape index (κ3) is 11.6. The Bertz CT molecular complexity index is 165. The van der Waals surface area contributed by atoms with E-state index in [9.17, 15) is 10.2 Å². The van der Waals surface area contributed by atoms with E-state index in [2.05, 4.69) is 0 Å². The topological polar surface area (TPSA) is 80.9 Å². The molecule has 18 heavy (non-hydrogen) atoms. The van der Waals surface area contributed by atoms with E-state index < -0.39 is 0 Å². The van der Waals surface area contributed by atoms with Crippen LogP contribution in [0.5, 0.6) is 0 Å². The van der Waals surface area contributed by atoms with E-state index in [4.69, 9.17) is 10.2 Å². The molecule has 110 valence electrons. The molecule has 0 aliphatic carbocycles. The maximum Gasteiger partial charge on any atom is 0.0633 e. The highest BCUT2D eigenvalue weighted by atomic mass is 32.2. The van der Waals surface area contributed by atoms with Crippen molar-refractivity contribution in [2.24, 2.45) is 5.92 Å². The monoisotopic (exact) mass is 298 g/mol. The average Bonchev–Trinajstić information content (AvgIpc) is 2.29. The number of hydrogen-bond acceptors (Lipinski definition) is 6. The lowest BCUT2D eigenvalue weighted by molar-refractivity contribution is 0.130. The van der Waals surface area contributed by atoms with Crippen LogP contribution < -0.4 is 0 Å². The van der Waals surface area contributed by atoms with Crippen molar-refractivity contribution < 1.29 is 20.4 Å². The molecule has 0 rings (SSSR count). The molecule has 4 nitrogen and oxygen atoms in total. The average molecular weight is 298 g/mol. The third-order valence-electron chi connectivity index (χ3n) is 2.44. The van der Waals surface area contributed by atoms with Gasteiger partial charge in [-0.25, -0.2) is 0 Å². The molecule has 0 aliphatic rings. The summed E-state index contributed by atoms with van der Waals surface area (Å²) in [5, 5.41) is 36.8. The summed E-state index contributed by atoms with van der Waals surface area (Å²) in [7, 11) is 0. The molecule has 0 fully saturated rings. The molecule has 0 amide bonds. The maximum atomic E-state index is 9.75. The van der Waals surface area contributed by atoms with Crippen LogP contribution in [-0.2, 0) is 0 Å². The van der Waals surface area contributed by atoms with Crippen molar-refractivity contribution in [3.8, 4) is 0 Å². The van der Waals surface area contributed by atoms with Gasteiger partial charge in [0.25, 0.3) is 0 Å². The second-order valence-electron chi connectivity index (χ2n) is 4.48. The van der Waals surface area contributed by atoms with Gasteiger partial charge < -0.3 is 20.4 Å². The van der Waals surface area contributed by atoms with Crippen molar-refractivity contribution in [3.63, 3.8) is 0 Å². The Morgan fingerprint density at radius 3 is 1.56 bits per heavy atom. The van der Waals surface area contributed by atoms with Crippen LogP contribution in [0.15, 0.2) is 0 Å². The van der Waals surface area contributed by atoms with Crippen LogP contribution in [-0.4, -0.2) is 68.9 Å². The zero-order valence-corrected chi connectivity index (χ0v) is 12.6. The minimum atomic E-state index is -0.367. The Balaban J connectivity index is 3.58. The molecule has 0 aromatic heterocycles. The standard InChI is InChI=1S/C12H26O4S2/c1-10(6-11(15)8-17-4-2-13)7-12(16)9-18-5-3-14/h10-16H,2-9H2,1H3. The SMILES string of the molecule is CC(CC(O)CSCCO)CC(O)CSCCO. The zero-order chi connectivity index (χ0) is 13.8. The van der Waals surface area contributed by atoms with Gasteiger partial charge in [0.1, 0.15) is 0 Å². The molecule has 0 heterocycles. The van der Waals surface area contributed by atoms with Crippen molar-refractivity contribution >= 4 is 23.5 Å². The zero-order valence-electron chi connectivity index (χ0n) is 11.0. The van der Waals surface area contributed by atoms with E-state index in [1.54, 1.807) is 23.5 Å². The van der Waals surface area contributed by atoms with Gasteiger partial charge in [0.2, 0.25) is 0 Å². The molecule has 0 saturated heterocycles. The normalized spacial score (nSPS) is 16.5. The summed E-state index contributed by atoms with van der Waals surface area (Å²) >= 11 is 3.09. The first kappa shape index (κ1) is 18.5. The summed E-state index contributed by atoms with van der Waals surface area (Å²) < 4.78 is 0. The number of aliphatic hydroxyl groups excluding tert-OH is 4. The van der Waals surface area contributed by atoms with Gasteiger partial charge in [-0.2, -0.15) is 23.5 Å². The molecule has 2 unspecified atom stereocenters. The van der Waals surface area contributed by atoms with Crippen LogP contribution in [0, 0.1) is 5.92 Å². The third-order valence-corrected chi connectivity index (χ3v) is 4.62. The van der Waals surface area contributed by atoms with Gasteiger partial charge >= 0.3 is 0 Å². The Morgan fingerprint density at radius 2 is 1.22 bits per heavy atom. The van der Waals surface area contributed by atoms with E-state index in [0.29, 0.717) is 35.9 Å². The van der Waals surface area contributed by atoms with Crippen LogP contribution in [0.3, 0.4) is 0 Å².